The van der Waals surface area contributed by atoms with Gasteiger partial charge in [0.05, 0.1) is 0 Å². The Balaban J connectivity index is 0.000000203. The first-order valence-electron chi connectivity index (χ1n) is 11.9. The second-order valence-electron chi connectivity index (χ2n) is 9.37. The molecule has 0 saturated heterocycles. The van der Waals surface area contributed by atoms with Gasteiger partial charge in [0, 0.05) is 21.5 Å². The van der Waals surface area contributed by atoms with Gasteiger partial charge in [0.1, 0.15) is 0 Å². The number of rotatable bonds is 2. The zero-order chi connectivity index (χ0) is 26.1. The van der Waals surface area contributed by atoms with Gasteiger partial charge in [0.2, 0.25) is 0 Å². The maximum atomic E-state index is 5.59. The van der Waals surface area contributed by atoms with Crippen LogP contribution in [0.1, 0.15) is 44.5 Å². The van der Waals surface area contributed by atoms with Gasteiger partial charge in [-0.05, 0) is 102 Å². The fourth-order valence-corrected chi connectivity index (χ4v) is 3.92. The molecule has 3 heteroatoms. The number of hydrogen-bond acceptors (Lipinski definition) is 2. The number of halogens is 1. The van der Waals surface area contributed by atoms with Crippen molar-refractivity contribution in [2.24, 2.45) is 0 Å². The highest BCUT2D eigenvalue weighted by Gasteiger charge is 2.02. The third-order valence-corrected chi connectivity index (χ3v) is 6.66. The van der Waals surface area contributed by atoms with Crippen LogP contribution in [0.3, 0.4) is 0 Å². The average Bonchev–Trinajstić information content (AvgIpc) is 2.78. The standard InChI is InChI=1S/C16H19N.C8H9Br.C8H11N/c1-11-5-7-15(13(3)9-11)17-16-8-6-12(2)10-14(16)4;2*1-6-3-4-8(9)7(2)5-6/h5-10,17H,1-4H3;3-5H,1-2H3;3-5H,9H2,1-2H3. The van der Waals surface area contributed by atoms with Crippen LogP contribution in [0.2, 0.25) is 0 Å². The summed E-state index contributed by atoms with van der Waals surface area (Å²) in [5.41, 5.74) is 19.0. The van der Waals surface area contributed by atoms with E-state index in [1.807, 2.05) is 19.1 Å². The Morgan fingerprint density at radius 3 is 1.20 bits per heavy atom. The van der Waals surface area contributed by atoms with Crippen molar-refractivity contribution in [2.75, 3.05) is 11.1 Å². The summed E-state index contributed by atoms with van der Waals surface area (Å²) < 4.78 is 1.19. The third kappa shape index (κ3) is 9.26. The van der Waals surface area contributed by atoms with Crippen molar-refractivity contribution >= 4 is 33.0 Å². The second-order valence-corrected chi connectivity index (χ2v) is 10.2. The summed E-state index contributed by atoms with van der Waals surface area (Å²) >= 11 is 3.43. The number of nitrogen functional groups attached to an aromatic ring is 1. The van der Waals surface area contributed by atoms with E-state index in [1.54, 1.807) is 0 Å². The lowest BCUT2D eigenvalue weighted by molar-refractivity contribution is 1.34. The van der Waals surface area contributed by atoms with Crippen molar-refractivity contribution in [3.05, 3.63) is 122 Å². The third-order valence-electron chi connectivity index (χ3n) is 5.77. The lowest BCUT2D eigenvalue weighted by Gasteiger charge is -2.13. The summed E-state index contributed by atoms with van der Waals surface area (Å²) in [7, 11) is 0. The van der Waals surface area contributed by atoms with Crippen LogP contribution in [0.15, 0.2) is 77.3 Å². The molecule has 3 N–H and O–H groups in total. The number of nitrogens with two attached hydrogens (primary N) is 1. The van der Waals surface area contributed by atoms with Gasteiger partial charge in [-0.1, -0.05) is 86.7 Å². The Kier molecular flexibility index (Phi) is 10.6. The van der Waals surface area contributed by atoms with Crippen LogP contribution in [0, 0.1) is 55.4 Å². The van der Waals surface area contributed by atoms with Crippen molar-refractivity contribution in [2.45, 2.75) is 55.4 Å². The van der Waals surface area contributed by atoms with Gasteiger partial charge in [0.15, 0.2) is 0 Å². The van der Waals surface area contributed by atoms with Crippen molar-refractivity contribution in [1.82, 2.24) is 0 Å². The van der Waals surface area contributed by atoms with E-state index in [4.69, 9.17) is 5.73 Å². The molecule has 0 saturated carbocycles. The summed E-state index contributed by atoms with van der Waals surface area (Å²) in [5, 5.41) is 3.49. The van der Waals surface area contributed by atoms with Gasteiger partial charge in [-0.3, -0.25) is 0 Å². The van der Waals surface area contributed by atoms with E-state index in [0.717, 1.165) is 11.3 Å². The lowest BCUT2D eigenvalue weighted by Crippen LogP contribution is -1.96. The van der Waals surface area contributed by atoms with Crippen LogP contribution in [0.25, 0.3) is 0 Å². The van der Waals surface area contributed by atoms with Crippen molar-refractivity contribution < 1.29 is 0 Å². The number of nitrogens with one attached hydrogen (secondary N) is 1. The SMILES string of the molecule is Cc1ccc(Br)c(C)c1.Cc1ccc(N)c(C)c1.Cc1ccc(Nc2ccc(C)cc2C)c(C)c1. The molecule has 0 radical (unpaired) electrons. The van der Waals surface area contributed by atoms with E-state index in [9.17, 15) is 0 Å². The minimum atomic E-state index is 0.876. The molecule has 0 amide bonds. The van der Waals surface area contributed by atoms with E-state index in [-0.39, 0.29) is 0 Å². The smallest absolute Gasteiger partial charge is 0.0414 e. The molecule has 0 aromatic heterocycles. The summed E-state index contributed by atoms with van der Waals surface area (Å²) in [5.74, 6) is 0. The molecule has 0 heterocycles. The predicted octanol–water partition coefficient (Wildman–Crippen LogP) is 9.62. The van der Waals surface area contributed by atoms with Crippen LogP contribution in [0.5, 0.6) is 0 Å². The number of anilines is 3. The van der Waals surface area contributed by atoms with E-state index >= 15 is 0 Å². The Labute approximate surface area is 220 Å². The van der Waals surface area contributed by atoms with E-state index < -0.39 is 0 Å². The largest absolute Gasteiger partial charge is 0.399 e. The molecule has 0 atom stereocenters. The van der Waals surface area contributed by atoms with E-state index in [0.29, 0.717) is 0 Å². The summed E-state index contributed by atoms with van der Waals surface area (Å²) in [6.45, 7) is 16.8. The minimum Gasteiger partial charge on any atom is -0.399 e. The van der Waals surface area contributed by atoms with E-state index in [2.05, 4.69) is 130 Å². The van der Waals surface area contributed by atoms with Crippen LogP contribution >= 0.6 is 15.9 Å². The van der Waals surface area contributed by atoms with Crippen LogP contribution in [-0.4, -0.2) is 0 Å². The molecule has 0 unspecified atom stereocenters. The van der Waals surface area contributed by atoms with Gasteiger partial charge in [-0.25, -0.2) is 0 Å². The maximum Gasteiger partial charge on any atom is 0.0414 e. The molecule has 0 aliphatic heterocycles. The number of benzene rings is 4. The zero-order valence-electron chi connectivity index (χ0n) is 22.4. The topological polar surface area (TPSA) is 38.0 Å². The molecular formula is C32H39BrN2. The quantitative estimate of drug-likeness (QED) is 0.253. The molecule has 4 aromatic carbocycles. The Hall–Kier alpha value is -3.04. The van der Waals surface area contributed by atoms with Gasteiger partial charge in [-0.15, -0.1) is 0 Å². The molecule has 4 rings (SSSR count). The average molecular weight is 532 g/mol. The molecule has 184 valence electrons. The summed E-state index contributed by atoms with van der Waals surface area (Å²) in [6, 6.07) is 25.3. The van der Waals surface area contributed by atoms with E-state index in [1.165, 1.54) is 54.8 Å². The van der Waals surface area contributed by atoms with Gasteiger partial charge in [-0.2, -0.15) is 0 Å². The molecule has 0 aliphatic rings. The predicted molar refractivity (Wildman–Crippen MR) is 159 cm³/mol. The first kappa shape index (κ1) is 28.2. The molecule has 35 heavy (non-hydrogen) atoms. The van der Waals surface area contributed by atoms with Crippen molar-refractivity contribution in [3.8, 4) is 0 Å². The first-order valence-corrected chi connectivity index (χ1v) is 12.7. The van der Waals surface area contributed by atoms with Crippen LogP contribution in [0.4, 0.5) is 17.1 Å². The zero-order valence-corrected chi connectivity index (χ0v) is 24.0. The van der Waals surface area contributed by atoms with Crippen molar-refractivity contribution in [3.63, 3.8) is 0 Å². The summed E-state index contributed by atoms with van der Waals surface area (Å²) in [6.07, 6.45) is 0. The van der Waals surface area contributed by atoms with Crippen LogP contribution < -0.4 is 11.1 Å². The number of hydrogen-bond donors (Lipinski definition) is 2. The molecule has 0 spiro atoms. The lowest BCUT2D eigenvalue weighted by atomic mass is 10.1. The maximum absolute atomic E-state index is 5.59. The summed E-state index contributed by atoms with van der Waals surface area (Å²) in [4.78, 5) is 0. The normalized spacial score (nSPS) is 9.97. The number of aryl methyl sites for hydroxylation is 8. The van der Waals surface area contributed by atoms with Crippen molar-refractivity contribution in [1.29, 1.82) is 0 Å². The highest BCUT2D eigenvalue weighted by atomic mass is 79.9. The highest BCUT2D eigenvalue weighted by Crippen LogP contribution is 2.24. The molecule has 4 aromatic rings. The molecule has 2 nitrogen and oxygen atoms in total. The molecule has 0 bridgehead atoms. The fourth-order valence-electron chi connectivity index (χ4n) is 3.67. The molecule has 0 fully saturated rings. The van der Waals surface area contributed by atoms with Gasteiger partial charge >= 0.3 is 0 Å². The highest BCUT2D eigenvalue weighted by molar-refractivity contribution is 9.10. The van der Waals surface area contributed by atoms with Gasteiger partial charge in [0.25, 0.3) is 0 Å². The second kappa shape index (κ2) is 13.2. The minimum absolute atomic E-state index is 0.876. The van der Waals surface area contributed by atoms with Gasteiger partial charge < -0.3 is 11.1 Å². The monoisotopic (exact) mass is 530 g/mol. The molecule has 0 aliphatic carbocycles. The Bertz CT molecular complexity index is 1180. The Morgan fingerprint density at radius 1 is 0.486 bits per heavy atom. The fraction of sp³-hybridized carbons (Fsp3) is 0.250. The Morgan fingerprint density at radius 2 is 0.857 bits per heavy atom. The molecular weight excluding hydrogens is 492 g/mol. The first-order chi connectivity index (χ1) is 16.5. The van der Waals surface area contributed by atoms with Crippen LogP contribution in [-0.2, 0) is 0 Å².